The zero-order valence-corrected chi connectivity index (χ0v) is 19.5. The van der Waals surface area contributed by atoms with Gasteiger partial charge in [-0.05, 0) is 59.3 Å². The third-order valence-electron chi connectivity index (χ3n) is 5.68. The molecule has 2 aliphatic rings. The van der Waals surface area contributed by atoms with E-state index in [1.54, 1.807) is 11.8 Å². The summed E-state index contributed by atoms with van der Waals surface area (Å²) in [6, 6.07) is 0. The molecular formula is C22H35N3O4S. The van der Waals surface area contributed by atoms with E-state index in [4.69, 9.17) is 9.26 Å². The first-order valence-electron chi connectivity index (χ1n) is 11.1. The molecule has 1 aliphatic carbocycles. The predicted octanol–water partition coefficient (Wildman–Crippen LogP) is 4.78. The van der Waals surface area contributed by atoms with E-state index in [9.17, 15) is 9.59 Å². The van der Waals surface area contributed by atoms with Crippen LogP contribution in [0.5, 0.6) is 0 Å². The van der Waals surface area contributed by atoms with Crippen LogP contribution in [0, 0.1) is 12.8 Å². The zero-order chi connectivity index (χ0) is 21.7. The number of nitrogens with zero attached hydrogens (tertiary/aromatic N) is 2. The molecule has 3 rings (SSSR count). The fourth-order valence-electron chi connectivity index (χ4n) is 4.01. The lowest BCUT2D eigenvalue weighted by molar-refractivity contribution is 0.0496. The Labute approximate surface area is 183 Å². The normalized spacial score (nSPS) is 19.0. The van der Waals surface area contributed by atoms with Crippen LogP contribution in [0.25, 0.3) is 0 Å². The van der Waals surface area contributed by atoms with Gasteiger partial charge in [0.25, 0.3) is 5.91 Å². The number of carbonyl (C=O) groups excluding carboxylic acids is 2. The van der Waals surface area contributed by atoms with Gasteiger partial charge in [-0.25, -0.2) is 4.79 Å². The van der Waals surface area contributed by atoms with Crippen molar-refractivity contribution in [2.24, 2.45) is 5.92 Å². The summed E-state index contributed by atoms with van der Waals surface area (Å²) < 4.78 is 10.8. The molecule has 168 valence electrons. The second-order valence-electron chi connectivity index (χ2n) is 9.42. The number of aromatic nitrogens is 1. The Morgan fingerprint density at radius 3 is 2.47 bits per heavy atom. The number of likely N-dealkylation sites (tertiary alicyclic amines) is 1. The number of amides is 2. The molecule has 30 heavy (non-hydrogen) atoms. The van der Waals surface area contributed by atoms with Crippen LogP contribution in [-0.4, -0.2) is 52.5 Å². The van der Waals surface area contributed by atoms with Crippen molar-refractivity contribution in [3.05, 3.63) is 11.5 Å². The number of ether oxygens (including phenoxy) is 1. The minimum atomic E-state index is -0.498. The zero-order valence-electron chi connectivity index (χ0n) is 18.7. The van der Waals surface area contributed by atoms with Gasteiger partial charge in [-0.2, -0.15) is 0 Å². The number of piperidine rings is 1. The molecule has 8 heteroatoms. The predicted molar refractivity (Wildman–Crippen MR) is 117 cm³/mol. The molecule has 2 heterocycles. The Hall–Kier alpha value is -1.70. The lowest BCUT2D eigenvalue weighted by Gasteiger charge is -2.32. The number of alkyl carbamates (subject to hydrolysis) is 1. The summed E-state index contributed by atoms with van der Waals surface area (Å²) in [5.41, 5.74) is 0.313. The van der Waals surface area contributed by atoms with Gasteiger partial charge in [0.2, 0.25) is 5.76 Å². The SMILES string of the molecule is Cc1noc(C(=O)N2CCC(CNC(=O)OC(C)(C)C)CC2)c1SC1CCCCC1. The smallest absolute Gasteiger partial charge is 0.407 e. The Kier molecular flexibility index (Phi) is 7.71. The van der Waals surface area contributed by atoms with Gasteiger partial charge in [0.05, 0.1) is 10.6 Å². The maximum absolute atomic E-state index is 13.1. The minimum Gasteiger partial charge on any atom is -0.444 e. The van der Waals surface area contributed by atoms with Crippen LogP contribution in [0.4, 0.5) is 4.79 Å². The number of rotatable bonds is 5. The second-order valence-corrected chi connectivity index (χ2v) is 10.7. The Morgan fingerprint density at radius 1 is 1.17 bits per heavy atom. The molecule has 0 unspecified atom stereocenters. The topological polar surface area (TPSA) is 84.7 Å². The van der Waals surface area contributed by atoms with Crippen LogP contribution in [-0.2, 0) is 4.74 Å². The fourth-order valence-corrected chi connectivity index (χ4v) is 5.35. The summed E-state index contributed by atoms with van der Waals surface area (Å²) in [6.07, 6.45) is 7.52. The van der Waals surface area contributed by atoms with Crippen molar-refractivity contribution in [2.75, 3.05) is 19.6 Å². The number of aryl methyl sites for hydroxylation is 1. The highest BCUT2D eigenvalue weighted by Crippen LogP contribution is 2.37. The van der Waals surface area contributed by atoms with Gasteiger partial charge in [0, 0.05) is 24.9 Å². The van der Waals surface area contributed by atoms with Gasteiger partial charge in [-0.1, -0.05) is 24.4 Å². The molecule has 0 atom stereocenters. The summed E-state index contributed by atoms with van der Waals surface area (Å²) in [4.78, 5) is 27.7. The number of hydrogen-bond acceptors (Lipinski definition) is 6. The first-order chi connectivity index (χ1) is 14.2. The molecule has 2 amide bonds. The molecule has 1 saturated heterocycles. The quantitative estimate of drug-likeness (QED) is 0.713. The van der Waals surface area contributed by atoms with E-state index in [2.05, 4.69) is 10.5 Å². The number of hydrogen-bond donors (Lipinski definition) is 1. The first kappa shape index (κ1) is 23.0. The largest absolute Gasteiger partial charge is 0.444 e. The van der Waals surface area contributed by atoms with Crippen LogP contribution in [0.15, 0.2) is 9.42 Å². The van der Waals surface area contributed by atoms with Crippen molar-refractivity contribution in [3.63, 3.8) is 0 Å². The lowest BCUT2D eigenvalue weighted by atomic mass is 9.96. The molecule has 0 bridgehead atoms. The molecule has 0 radical (unpaired) electrons. The van der Waals surface area contributed by atoms with Gasteiger partial charge in [0.15, 0.2) is 0 Å². The summed E-state index contributed by atoms with van der Waals surface area (Å²) in [5.74, 6) is 0.676. The standard InChI is InChI=1S/C22H35N3O4S/c1-15-19(30-17-8-6-5-7-9-17)18(29-24-15)20(26)25-12-10-16(11-13-25)14-23-21(27)28-22(2,3)4/h16-17H,5-14H2,1-4H3,(H,23,27). The molecule has 2 fully saturated rings. The lowest BCUT2D eigenvalue weighted by Crippen LogP contribution is -2.42. The Balaban J connectivity index is 1.50. The van der Waals surface area contributed by atoms with Crippen LogP contribution in [0.3, 0.4) is 0 Å². The number of nitrogens with one attached hydrogen (secondary N) is 1. The van der Waals surface area contributed by atoms with E-state index in [1.165, 1.54) is 32.1 Å². The average Bonchev–Trinajstić information content (AvgIpc) is 3.06. The third-order valence-corrected chi connectivity index (χ3v) is 7.20. The van der Waals surface area contributed by atoms with E-state index in [0.29, 0.717) is 36.6 Å². The number of thioether (sulfide) groups is 1. The van der Waals surface area contributed by atoms with Crippen molar-refractivity contribution >= 4 is 23.8 Å². The molecule has 0 aromatic carbocycles. The highest BCUT2D eigenvalue weighted by Gasteiger charge is 2.31. The molecule has 1 aromatic heterocycles. The van der Waals surface area contributed by atoms with Gasteiger partial charge in [-0.3, -0.25) is 4.79 Å². The summed E-state index contributed by atoms with van der Waals surface area (Å²) in [7, 11) is 0. The van der Waals surface area contributed by atoms with Crippen molar-refractivity contribution in [1.29, 1.82) is 0 Å². The highest BCUT2D eigenvalue weighted by molar-refractivity contribution is 8.00. The van der Waals surface area contributed by atoms with Crippen molar-refractivity contribution in [2.45, 2.75) is 88.4 Å². The summed E-state index contributed by atoms with van der Waals surface area (Å²) >= 11 is 1.77. The van der Waals surface area contributed by atoms with E-state index in [0.717, 1.165) is 23.4 Å². The molecule has 1 aromatic rings. The highest BCUT2D eigenvalue weighted by atomic mass is 32.2. The molecular weight excluding hydrogens is 402 g/mol. The molecule has 7 nitrogen and oxygen atoms in total. The van der Waals surface area contributed by atoms with Gasteiger partial charge in [-0.15, -0.1) is 11.8 Å². The second kappa shape index (κ2) is 10.1. The summed E-state index contributed by atoms with van der Waals surface area (Å²) in [5, 5.41) is 7.48. The van der Waals surface area contributed by atoms with E-state index in [-0.39, 0.29) is 12.0 Å². The van der Waals surface area contributed by atoms with E-state index >= 15 is 0 Å². The van der Waals surface area contributed by atoms with E-state index in [1.807, 2.05) is 32.6 Å². The van der Waals surface area contributed by atoms with Crippen molar-refractivity contribution in [3.8, 4) is 0 Å². The molecule has 1 aliphatic heterocycles. The average molecular weight is 438 g/mol. The third kappa shape index (κ3) is 6.40. The Morgan fingerprint density at radius 2 is 1.83 bits per heavy atom. The van der Waals surface area contributed by atoms with Gasteiger partial charge >= 0.3 is 6.09 Å². The number of carbonyl (C=O) groups is 2. The van der Waals surface area contributed by atoms with Crippen LogP contribution < -0.4 is 5.32 Å². The van der Waals surface area contributed by atoms with Gasteiger partial charge in [0.1, 0.15) is 5.60 Å². The van der Waals surface area contributed by atoms with E-state index < -0.39 is 5.60 Å². The maximum Gasteiger partial charge on any atom is 0.407 e. The van der Waals surface area contributed by atoms with Crippen LogP contribution >= 0.6 is 11.8 Å². The first-order valence-corrected chi connectivity index (χ1v) is 12.0. The van der Waals surface area contributed by atoms with Crippen LogP contribution in [0.2, 0.25) is 0 Å². The minimum absolute atomic E-state index is 0.0625. The van der Waals surface area contributed by atoms with Crippen molar-refractivity contribution in [1.82, 2.24) is 15.4 Å². The molecule has 1 saturated carbocycles. The Bertz CT molecular complexity index is 729. The van der Waals surface area contributed by atoms with Crippen LogP contribution in [0.1, 0.15) is 82.0 Å². The van der Waals surface area contributed by atoms with Gasteiger partial charge < -0.3 is 19.5 Å². The maximum atomic E-state index is 13.1. The summed E-state index contributed by atoms with van der Waals surface area (Å²) in [6.45, 7) is 9.36. The fraction of sp³-hybridized carbons (Fsp3) is 0.773. The molecule has 0 spiro atoms. The van der Waals surface area contributed by atoms with Crippen molar-refractivity contribution < 1.29 is 18.8 Å². The molecule has 1 N–H and O–H groups in total. The monoisotopic (exact) mass is 437 g/mol.